The Kier molecular flexibility index (Phi) is 6.02. The van der Waals surface area contributed by atoms with Crippen molar-refractivity contribution >= 4 is 5.91 Å². The Morgan fingerprint density at radius 3 is 2.08 bits per heavy atom. The number of nitriles is 1. The van der Waals surface area contributed by atoms with Crippen molar-refractivity contribution < 1.29 is 14.3 Å². The number of nitrogens with zero attached hydrogens (tertiary/aromatic N) is 2. The Bertz CT molecular complexity index is 754. The highest BCUT2D eigenvalue weighted by molar-refractivity contribution is 5.95. The maximum absolute atomic E-state index is 13.0. The Labute approximate surface area is 148 Å². The number of hydrogen-bond acceptors (Lipinski definition) is 4. The molecule has 0 unspecified atom stereocenters. The summed E-state index contributed by atoms with van der Waals surface area (Å²) in [4.78, 5) is 14.8. The highest BCUT2D eigenvalue weighted by atomic mass is 16.5. The third-order valence-corrected chi connectivity index (χ3v) is 3.92. The summed E-state index contributed by atoms with van der Waals surface area (Å²) < 4.78 is 10.5. The number of benzene rings is 2. The molecule has 2 aromatic carbocycles. The average Bonchev–Trinajstić information content (AvgIpc) is 2.65. The zero-order chi connectivity index (χ0) is 18.4. The summed E-state index contributed by atoms with van der Waals surface area (Å²) in [5.41, 5.74) is 2.08. The number of carbonyl (C=O) groups is 1. The standard InChI is InChI=1S/C20H22N2O3/c1-14(2)22(13-16-7-5-15(12-21)6-8-16)20(23)17-9-18(24-3)11-19(10-17)25-4/h5-11,14H,13H2,1-4H3. The molecule has 5 heteroatoms. The summed E-state index contributed by atoms with van der Waals surface area (Å²) in [6, 6.07) is 14.5. The molecule has 0 aliphatic carbocycles. The first-order chi connectivity index (χ1) is 12.0. The van der Waals surface area contributed by atoms with E-state index in [1.807, 2.05) is 26.0 Å². The number of ether oxygens (including phenoxy) is 2. The third-order valence-electron chi connectivity index (χ3n) is 3.92. The topological polar surface area (TPSA) is 62.6 Å². The Hall–Kier alpha value is -3.00. The van der Waals surface area contributed by atoms with Crippen LogP contribution in [0.1, 0.15) is 35.3 Å². The Morgan fingerprint density at radius 1 is 1.08 bits per heavy atom. The molecule has 0 fully saturated rings. The SMILES string of the molecule is COc1cc(OC)cc(C(=O)N(Cc2ccc(C#N)cc2)C(C)C)c1. The molecule has 0 atom stereocenters. The van der Waals surface area contributed by atoms with Crippen LogP contribution in [-0.2, 0) is 6.54 Å². The van der Waals surface area contributed by atoms with E-state index in [1.54, 1.807) is 49.5 Å². The lowest BCUT2D eigenvalue weighted by Gasteiger charge is -2.27. The van der Waals surface area contributed by atoms with Gasteiger partial charge in [0.2, 0.25) is 0 Å². The molecule has 0 radical (unpaired) electrons. The smallest absolute Gasteiger partial charge is 0.254 e. The predicted octanol–water partition coefficient (Wildman–Crippen LogP) is 3.63. The monoisotopic (exact) mass is 338 g/mol. The van der Waals surface area contributed by atoms with Gasteiger partial charge in [0.1, 0.15) is 11.5 Å². The van der Waals surface area contributed by atoms with Crippen molar-refractivity contribution in [3.05, 3.63) is 59.2 Å². The lowest BCUT2D eigenvalue weighted by Crippen LogP contribution is -2.36. The highest BCUT2D eigenvalue weighted by Gasteiger charge is 2.20. The van der Waals surface area contributed by atoms with Gasteiger partial charge in [-0.05, 0) is 43.7 Å². The van der Waals surface area contributed by atoms with Crippen molar-refractivity contribution in [3.63, 3.8) is 0 Å². The van der Waals surface area contributed by atoms with Crippen LogP contribution in [0.15, 0.2) is 42.5 Å². The second-order valence-electron chi connectivity index (χ2n) is 5.94. The lowest BCUT2D eigenvalue weighted by atomic mass is 10.1. The van der Waals surface area contributed by atoms with Crippen molar-refractivity contribution in [2.45, 2.75) is 26.4 Å². The maximum Gasteiger partial charge on any atom is 0.254 e. The second kappa shape index (κ2) is 8.20. The van der Waals surface area contributed by atoms with Crippen LogP contribution in [0.2, 0.25) is 0 Å². The first kappa shape index (κ1) is 18.3. The van der Waals surface area contributed by atoms with Crippen LogP contribution in [0.4, 0.5) is 0 Å². The van der Waals surface area contributed by atoms with Crippen LogP contribution < -0.4 is 9.47 Å². The summed E-state index contributed by atoms with van der Waals surface area (Å²) in [5, 5.41) is 8.90. The first-order valence-corrected chi connectivity index (χ1v) is 8.01. The van der Waals surface area contributed by atoms with Gasteiger partial charge in [0.15, 0.2) is 0 Å². The van der Waals surface area contributed by atoms with E-state index >= 15 is 0 Å². The van der Waals surface area contributed by atoms with Crippen LogP contribution in [-0.4, -0.2) is 31.1 Å². The summed E-state index contributed by atoms with van der Waals surface area (Å²) in [5.74, 6) is 1.05. The molecule has 0 N–H and O–H groups in total. The van der Waals surface area contributed by atoms with Gasteiger partial charge in [-0.15, -0.1) is 0 Å². The number of methoxy groups -OCH3 is 2. The van der Waals surface area contributed by atoms with Crippen molar-refractivity contribution in [3.8, 4) is 17.6 Å². The van der Waals surface area contributed by atoms with E-state index in [0.29, 0.717) is 29.2 Å². The van der Waals surface area contributed by atoms with Crippen LogP contribution in [0.25, 0.3) is 0 Å². The van der Waals surface area contributed by atoms with E-state index in [1.165, 1.54) is 0 Å². The van der Waals surface area contributed by atoms with Gasteiger partial charge in [0.05, 0.1) is 25.9 Å². The van der Waals surface area contributed by atoms with Gasteiger partial charge in [-0.25, -0.2) is 0 Å². The van der Waals surface area contributed by atoms with Gasteiger partial charge < -0.3 is 14.4 Å². The molecule has 2 aromatic rings. The molecule has 0 aromatic heterocycles. The average molecular weight is 338 g/mol. The van der Waals surface area contributed by atoms with E-state index in [9.17, 15) is 4.79 Å². The molecular formula is C20H22N2O3. The molecule has 0 heterocycles. The van der Waals surface area contributed by atoms with Crippen LogP contribution in [0.5, 0.6) is 11.5 Å². The second-order valence-corrected chi connectivity index (χ2v) is 5.94. The molecule has 0 spiro atoms. The molecule has 2 rings (SSSR count). The van der Waals surface area contributed by atoms with Crippen LogP contribution in [0.3, 0.4) is 0 Å². The van der Waals surface area contributed by atoms with E-state index in [2.05, 4.69) is 6.07 Å². The lowest BCUT2D eigenvalue weighted by molar-refractivity contribution is 0.0689. The normalized spacial score (nSPS) is 10.2. The molecule has 25 heavy (non-hydrogen) atoms. The van der Waals surface area contributed by atoms with Crippen LogP contribution in [0, 0.1) is 11.3 Å². The van der Waals surface area contributed by atoms with Gasteiger partial charge in [0.25, 0.3) is 5.91 Å². The maximum atomic E-state index is 13.0. The van der Waals surface area contributed by atoms with Crippen molar-refractivity contribution in [1.82, 2.24) is 4.90 Å². The number of rotatable bonds is 6. The highest BCUT2D eigenvalue weighted by Crippen LogP contribution is 2.24. The zero-order valence-electron chi connectivity index (χ0n) is 14.9. The molecule has 5 nitrogen and oxygen atoms in total. The van der Waals surface area contributed by atoms with Gasteiger partial charge in [0, 0.05) is 24.2 Å². The van der Waals surface area contributed by atoms with Gasteiger partial charge in [-0.1, -0.05) is 12.1 Å². The van der Waals surface area contributed by atoms with Crippen molar-refractivity contribution in [2.24, 2.45) is 0 Å². The molecule has 0 saturated carbocycles. The number of amides is 1. The van der Waals surface area contributed by atoms with E-state index in [-0.39, 0.29) is 11.9 Å². The largest absolute Gasteiger partial charge is 0.497 e. The first-order valence-electron chi connectivity index (χ1n) is 8.01. The number of carbonyl (C=O) groups excluding carboxylic acids is 1. The van der Waals surface area contributed by atoms with E-state index in [4.69, 9.17) is 14.7 Å². The molecular weight excluding hydrogens is 316 g/mol. The summed E-state index contributed by atoms with van der Waals surface area (Å²) in [7, 11) is 3.11. The summed E-state index contributed by atoms with van der Waals surface area (Å²) >= 11 is 0. The van der Waals surface area contributed by atoms with Crippen LogP contribution >= 0.6 is 0 Å². The van der Waals surface area contributed by atoms with Crippen molar-refractivity contribution in [1.29, 1.82) is 5.26 Å². The van der Waals surface area contributed by atoms with E-state index in [0.717, 1.165) is 5.56 Å². The third kappa shape index (κ3) is 4.51. The van der Waals surface area contributed by atoms with Gasteiger partial charge in [-0.2, -0.15) is 5.26 Å². The predicted molar refractivity (Wildman–Crippen MR) is 95.7 cm³/mol. The quantitative estimate of drug-likeness (QED) is 0.807. The molecule has 0 saturated heterocycles. The molecule has 130 valence electrons. The fourth-order valence-electron chi connectivity index (χ4n) is 2.47. The number of hydrogen-bond donors (Lipinski definition) is 0. The fraction of sp³-hybridized carbons (Fsp3) is 0.300. The Morgan fingerprint density at radius 2 is 1.64 bits per heavy atom. The summed E-state index contributed by atoms with van der Waals surface area (Å²) in [6.45, 7) is 4.40. The van der Waals surface area contributed by atoms with Crippen molar-refractivity contribution in [2.75, 3.05) is 14.2 Å². The minimum absolute atomic E-state index is 0.0142. The van der Waals surface area contributed by atoms with Gasteiger partial charge in [-0.3, -0.25) is 4.79 Å². The van der Waals surface area contributed by atoms with E-state index < -0.39 is 0 Å². The minimum Gasteiger partial charge on any atom is -0.497 e. The summed E-state index contributed by atoms with van der Waals surface area (Å²) in [6.07, 6.45) is 0. The molecule has 1 amide bonds. The Balaban J connectivity index is 2.30. The molecule has 0 aliphatic heterocycles. The van der Waals surface area contributed by atoms with Gasteiger partial charge >= 0.3 is 0 Å². The fourth-order valence-corrected chi connectivity index (χ4v) is 2.47. The molecule has 0 bridgehead atoms. The molecule has 0 aliphatic rings. The zero-order valence-corrected chi connectivity index (χ0v) is 14.9. The minimum atomic E-state index is -0.100.